The number of carboxylic acid groups (broad SMARTS) is 1. The van der Waals surface area contributed by atoms with Gasteiger partial charge in [-0.25, -0.2) is 4.79 Å². The van der Waals surface area contributed by atoms with E-state index in [2.05, 4.69) is 0 Å². The third kappa shape index (κ3) is 3.47. The van der Waals surface area contributed by atoms with Gasteiger partial charge in [0.25, 0.3) is 0 Å². The number of carbonyl (C=O) groups is 1. The van der Waals surface area contributed by atoms with E-state index in [4.69, 9.17) is 14.6 Å². The fraction of sp³-hybridized carbons (Fsp3) is 0.167. The molecule has 0 saturated carbocycles. The maximum atomic E-state index is 10.8. The van der Waals surface area contributed by atoms with Gasteiger partial charge in [-0.2, -0.15) is 0 Å². The van der Waals surface area contributed by atoms with Gasteiger partial charge >= 0.3 is 5.97 Å². The number of ether oxygens (including phenoxy) is 2. The molecule has 2 aromatic rings. The Morgan fingerprint density at radius 2 is 1.73 bits per heavy atom. The third-order valence-electron chi connectivity index (χ3n) is 3.40. The lowest BCUT2D eigenvalue weighted by molar-refractivity contribution is -0.131. The predicted octanol–water partition coefficient (Wildman–Crippen LogP) is 3.86. The Hall–Kier alpha value is -2.75. The van der Waals surface area contributed by atoms with Gasteiger partial charge in [-0.1, -0.05) is 18.2 Å². The minimum absolute atomic E-state index is 0.685. The Morgan fingerprint density at radius 1 is 1.05 bits per heavy atom. The van der Waals surface area contributed by atoms with Crippen LogP contribution in [0.2, 0.25) is 0 Å². The van der Waals surface area contributed by atoms with E-state index in [9.17, 15) is 4.79 Å². The molecule has 0 bridgehead atoms. The summed E-state index contributed by atoms with van der Waals surface area (Å²) in [4.78, 5) is 10.8. The Labute approximate surface area is 129 Å². The number of aliphatic carboxylic acids is 1. The molecule has 4 heteroatoms. The van der Waals surface area contributed by atoms with E-state index in [1.807, 2.05) is 42.5 Å². The highest BCUT2D eigenvalue weighted by Crippen LogP contribution is 2.33. The molecule has 0 aliphatic carbocycles. The second-order valence-electron chi connectivity index (χ2n) is 4.81. The largest absolute Gasteiger partial charge is 0.497 e. The van der Waals surface area contributed by atoms with Gasteiger partial charge in [0.05, 0.1) is 14.2 Å². The van der Waals surface area contributed by atoms with Crippen molar-refractivity contribution >= 4 is 11.5 Å². The number of benzene rings is 2. The molecule has 0 aliphatic rings. The van der Waals surface area contributed by atoms with Crippen molar-refractivity contribution in [2.24, 2.45) is 0 Å². The fourth-order valence-corrected chi connectivity index (χ4v) is 2.22. The van der Waals surface area contributed by atoms with Gasteiger partial charge in [0.2, 0.25) is 0 Å². The molecule has 2 aromatic carbocycles. The first-order valence-electron chi connectivity index (χ1n) is 6.79. The van der Waals surface area contributed by atoms with Crippen molar-refractivity contribution in [2.45, 2.75) is 6.92 Å². The zero-order valence-electron chi connectivity index (χ0n) is 12.8. The zero-order valence-corrected chi connectivity index (χ0v) is 12.8. The summed E-state index contributed by atoms with van der Waals surface area (Å²) in [7, 11) is 3.23. The van der Waals surface area contributed by atoms with Gasteiger partial charge in [-0.05, 0) is 47.9 Å². The highest BCUT2D eigenvalue weighted by atomic mass is 16.5. The molecule has 0 spiro atoms. The van der Waals surface area contributed by atoms with Crippen LogP contribution >= 0.6 is 0 Å². The smallest absolute Gasteiger partial charge is 0.328 e. The molecule has 0 fully saturated rings. The van der Waals surface area contributed by atoms with Crippen LogP contribution in [0.25, 0.3) is 16.7 Å². The number of rotatable bonds is 5. The third-order valence-corrected chi connectivity index (χ3v) is 3.40. The maximum Gasteiger partial charge on any atom is 0.328 e. The van der Waals surface area contributed by atoms with Gasteiger partial charge < -0.3 is 14.6 Å². The lowest BCUT2D eigenvalue weighted by Gasteiger charge is -2.12. The molecular weight excluding hydrogens is 280 g/mol. The van der Waals surface area contributed by atoms with Crippen LogP contribution in [0.15, 0.2) is 48.5 Å². The highest BCUT2D eigenvalue weighted by Gasteiger charge is 2.09. The fourth-order valence-electron chi connectivity index (χ4n) is 2.22. The molecule has 2 rings (SSSR count). The molecule has 0 atom stereocenters. The quantitative estimate of drug-likeness (QED) is 0.852. The van der Waals surface area contributed by atoms with Crippen molar-refractivity contribution in [3.05, 3.63) is 54.1 Å². The zero-order chi connectivity index (χ0) is 16.1. The molecule has 0 heterocycles. The Bertz CT molecular complexity index is 700. The average Bonchev–Trinajstić information content (AvgIpc) is 2.53. The predicted molar refractivity (Wildman–Crippen MR) is 86.3 cm³/mol. The van der Waals surface area contributed by atoms with Crippen molar-refractivity contribution in [3.63, 3.8) is 0 Å². The summed E-state index contributed by atoms with van der Waals surface area (Å²) in [6.45, 7) is 1.77. The van der Waals surface area contributed by atoms with Crippen molar-refractivity contribution in [3.8, 4) is 22.6 Å². The standard InChI is InChI=1S/C18H18O4/c1-12(10-18(19)20)14-6-9-17(22-3)16(11-14)13-4-7-15(21-2)8-5-13/h4-11H,1-3H3,(H,19,20)/b12-10+. The van der Waals surface area contributed by atoms with Crippen LogP contribution in [-0.2, 0) is 4.79 Å². The average molecular weight is 298 g/mol. The molecule has 114 valence electrons. The lowest BCUT2D eigenvalue weighted by atomic mass is 9.98. The summed E-state index contributed by atoms with van der Waals surface area (Å²) in [5, 5.41) is 8.88. The monoisotopic (exact) mass is 298 g/mol. The Morgan fingerprint density at radius 3 is 2.27 bits per heavy atom. The summed E-state index contributed by atoms with van der Waals surface area (Å²) < 4.78 is 10.6. The summed E-state index contributed by atoms with van der Waals surface area (Å²) in [5.41, 5.74) is 3.40. The molecule has 4 nitrogen and oxygen atoms in total. The molecular formula is C18H18O4. The molecule has 0 amide bonds. The van der Waals surface area contributed by atoms with Gasteiger partial charge in [0, 0.05) is 11.6 Å². The maximum absolute atomic E-state index is 10.8. The van der Waals surface area contributed by atoms with Crippen LogP contribution in [0.5, 0.6) is 11.5 Å². The highest BCUT2D eigenvalue weighted by molar-refractivity contribution is 5.90. The first kappa shape index (κ1) is 15.6. The molecule has 22 heavy (non-hydrogen) atoms. The van der Waals surface area contributed by atoms with Crippen LogP contribution in [0.1, 0.15) is 12.5 Å². The van der Waals surface area contributed by atoms with Crippen molar-refractivity contribution < 1.29 is 19.4 Å². The first-order valence-corrected chi connectivity index (χ1v) is 6.79. The van der Waals surface area contributed by atoms with Gasteiger partial charge in [0.1, 0.15) is 11.5 Å². The van der Waals surface area contributed by atoms with Crippen molar-refractivity contribution in [1.82, 2.24) is 0 Å². The summed E-state index contributed by atoms with van der Waals surface area (Å²) in [5.74, 6) is 0.553. The van der Waals surface area contributed by atoms with Crippen molar-refractivity contribution in [1.29, 1.82) is 0 Å². The van der Waals surface area contributed by atoms with Gasteiger partial charge in [-0.3, -0.25) is 0 Å². The Kier molecular flexibility index (Phi) is 4.84. The number of allylic oxidation sites excluding steroid dienone is 1. The lowest BCUT2D eigenvalue weighted by Crippen LogP contribution is -1.93. The van der Waals surface area contributed by atoms with Crippen LogP contribution in [0.4, 0.5) is 0 Å². The second kappa shape index (κ2) is 6.80. The molecule has 0 aliphatic heterocycles. The normalized spacial score (nSPS) is 11.1. The molecule has 0 saturated heterocycles. The summed E-state index contributed by atoms with van der Waals surface area (Å²) in [6, 6.07) is 13.3. The van der Waals surface area contributed by atoms with Crippen LogP contribution < -0.4 is 9.47 Å². The number of methoxy groups -OCH3 is 2. The topological polar surface area (TPSA) is 55.8 Å². The number of carboxylic acids is 1. The van der Waals surface area contributed by atoms with Crippen LogP contribution in [0.3, 0.4) is 0 Å². The van der Waals surface area contributed by atoms with E-state index in [0.29, 0.717) is 5.57 Å². The number of hydrogen-bond donors (Lipinski definition) is 1. The molecule has 1 N–H and O–H groups in total. The van der Waals surface area contributed by atoms with E-state index >= 15 is 0 Å². The minimum atomic E-state index is -0.959. The molecule has 0 aromatic heterocycles. The van der Waals surface area contributed by atoms with Crippen LogP contribution in [-0.4, -0.2) is 25.3 Å². The van der Waals surface area contributed by atoms with E-state index in [-0.39, 0.29) is 0 Å². The van der Waals surface area contributed by atoms with E-state index in [1.165, 1.54) is 6.08 Å². The first-order chi connectivity index (χ1) is 10.5. The van der Waals surface area contributed by atoms with Crippen molar-refractivity contribution in [2.75, 3.05) is 14.2 Å². The minimum Gasteiger partial charge on any atom is -0.497 e. The Balaban J connectivity index is 2.50. The second-order valence-corrected chi connectivity index (χ2v) is 4.81. The van der Waals surface area contributed by atoms with E-state index in [0.717, 1.165) is 28.2 Å². The van der Waals surface area contributed by atoms with E-state index < -0.39 is 5.97 Å². The van der Waals surface area contributed by atoms with Gasteiger partial charge in [0.15, 0.2) is 0 Å². The SMILES string of the molecule is COc1ccc(-c2cc(/C(C)=C/C(=O)O)ccc2OC)cc1. The molecule has 0 radical (unpaired) electrons. The summed E-state index contributed by atoms with van der Waals surface area (Å²) in [6.07, 6.45) is 1.19. The molecule has 0 unspecified atom stereocenters. The van der Waals surface area contributed by atoms with E-state index in [1.54, 1.807) is 21.1 Å². The summed E-state index contributed by atoms with van der Waals surface area (Å²) >= 11 is 0. The van der Waals surface area contributed by atoms with Gasteiger partial charge in [-0.15, -0.1) is 0 Å². The number of hydrogen-bond acceptors (Lipinski definition) is 3. The van der Waals surface area contributed by atoms with Crippen LogP contribution in [0, 0.1) is 0 Å².